The molecule has 1 rings (SSSR count). The molecule has 2 unspecified atom stereocenters. The number of rotatable bonds is 7. The fourth-order valence-corrected chi connectivity index (χ4v) is 1.85. The molecule has 1 aromatic rings. The summed E-state index contributed by atoms with van der Waals surface area (Å²) in [7, 11) is 0. The Kier molecular flexibility index (Phi) is 6.16. The van der Waals surface area contributed by atoms with Crippen LogP contribution in [0.1, 0.15) is 39.7 Å². The Balaban J connectivity index is 2.39. The van der Waals surface area contributed by atoms with Gasteiger partial charge in [0.05, 0.1) is 12.2 Å². The highest BCUT2D eigenvalue weighted by atomic mass is 16.5. The van der Waals surface area contributed by atoms with Gasteiger partial charge in [-0.2, -0.15) is 0 Å². The van der Waals surface area contributed by atoms with Crippen LogP contribution in [0, 0.1) is 0 Å². The van der Waals surface area contributed by atoms with Gasteiger partial charge in [0.2, 0.25) is 0 Å². The SMILES string of the molecule is CC(O)CC(C)NCc1ccc(OC(C)C)cc1. The van der Waals surface area contributed by atoms with E-state index in [2.05, 4.69) is 24.4 Å². The second-order valence-electron chi connectivity index (χ2n) is 5.18. The van der Waals surface area contributed by atoms with Crippen molar-refractivity contribution in [2.75, 3.05) is 0 Å². The molecule has 1 aromatic carbocycles. The van der Waals surface area contributed by atoms with Gasteiger partial charge < -0.3 is 15.2 Å². The third kappa shape index (κ3) is 6.03. The lowest BCUT2D eigenvalue weighted by Gasteiger charge is -2.15. The molecule has 3 nitrogen and oxygen atoms in total. The average molecular weight is 251 g/mol. The van der Waals surface area contributed by atoms with E-state index in [1.807, 2.05) is 32.9 Å². The maximum absolute atomic E-state index is 9.28. The lowest BCUT2D eigenvalue weighted by atomic mass is 10.1. The number of hydrogen-bond acceptors (Lipinski definition) is 3. The fourth-order valence-electron chi connectivity index (χ4n) is 1.85. The van der Waals surface area contributed by atoms with E-state index in [0.29, 0.717) is 6.04 Å². The van der Waals surface area contributed by atoms with Crippen LogP contribution in [0.15, 0.2) is 24.3 Å². The minimum Gasteiger partial charge on any atom is -0.491 e. The minimum absolute atomic E-state index is 0.208. The highest BCUT2D eigenvalue weighted by molar-refractivity contribution is 5.27. The van der Waals surface area contributed by atoms with Crippen LogP contribution >= 0.6 is 0 Å². The number of ether oxygens (including phenoxy) is 1. The number of aliphatic hydroxyl groups is 1. The molecule has 0 radical (unpaired) electrons. The molecule has 0 amide bonds. The van der Waals surface area contributed by atoms with E-state index in [1.165, 1.54) is 5.56 Å². The monoisotopic (exact) mass is 251 g/mol. The Labute approximate surface area is 110 Å². The largest absolute Gasteiger partial charge is 0.491 e. The Bertz CT molecular complexity index is 333. The first-order chi connectivity index (χ1) is 8.47. The average Bonchev–Trinajstić information content (AvgIpc) is 2.26. The number of aliphatic hydroxyl groups excluding tert-OH is 1. The highest BCUT2D eigenvalue weighted by Crippen LogP contribution is 2.13. The van der Waals surface area contributed by atoms with Crippen molar-refractivity contribution < 1.29 is 9.84 Å². The fraction of sp³-hybridized carbons (Fsp3) is 0.600. The lowest BCUT2D eigenvalue weighted by molar-refractivity contribution is 0.170. The zero-order valence-corrected chi connectivity index (χ0v) is 11.8. The Morgan fingerprint density at radius 3 is 2.22 bits per heavy atom. The summed E-state index contributed by atoms with van der Waals surface area (Å²) in [6.45, 7) is 8.76. The molecule has 0 aliphatic rings. The molecule has 0 aliphatic heterocycles. The summed E-state index contributed by atoms with van der Waals surface area (Å²) in [6.07, 6.45) is 0.725. The van der Waals surface area contributed by atoms with Crippen LogP contribution in [0.25, 0.3) is 0 Å². The molecule has 0 saturated carbocycles. The second-order valence-corrected chi connectivity index (χ2v) is 5.18. The highest BCUT2D eigenvalue weighted by Gasteiger charge is 2.05. The molecule has 2 atom stereocenters. The Morgan fingerprint density at radius 2 is 1.72 bits per heavy atom. The van der Waals surface area contributed by atoms with Gasteiger partial charge in [-0.05, 0) is 51.8 Å². The van der Waals surface area contributed by atoms with Crippen LogP contribution in [-0.2, 0) is 6.54 Å². The minimum atomic E-state index is -0.255. The predicted octanol–water partition coefficient (Wildman–Crippen LogP) is 2.72. The summed E-state index contributed by atoms with van der Waals surface area (Å²) in [6, 6.07) is 8.45. The molecule has 0 bridgehead atoms. The maximum atomic E-state index is 9.28. The molecule has 18 heavy (non-hydrogen) atoms. The van der Waals surface area contributed by atoms with E-state index in [4.69, 9.17) is 4.74 Å². The first-order valence-corrected chi connectivity index (χ1v) is 6.64. The smallest absolute Gasteiger partial charge is 0.119 e. The summed E-state index contributed by atoms with van der Waals surface area (Å²) in [5, 5.41) is 12.7. The quantitative estimate of drug-likeness (QED) is 0.783. The molecule has 0 fully saturated rings. The van der Waals surface area contributed by atoms with Gasteiger partial charge in [-0.3, -0.25) is 0 Å². The van der Waals surface area contributed by atoms with E-state index in [9.17, 15) is 5.11 Å². The van der Waals surface area contributed by atoms with Crippen LogP contribution < -0.4 is 10.1 Å². The van der Waals surface area contributed by atoms with Gasteiger partial charge in [-0.15, -0.1) is 0 Å². The lowest BCUT2D eigenvalue weighted by Crippen LogP contribution is -2.28. The van der Waals surface area contributed by atoms with Gasteiger partial charge in [0.15, 0.2) is 0 Å². The zero-order chi connectivity index (χ0) is 13.5. The summed E-state index contributed by atoms with van der Waals surface area (Å²) in [5.74, 6) is 0.908. The van der Waals surface area contributed by atoms with E-state index < -0.39 is 0 Å². The maximum Gasteiger partial charge on any atom is 0.119 e. The van der Waals surface area contributed by atoms with Crippen LogP contribution in [0.3, 0.4) is 0 Å². The molecule has 0 aliphatic carbocycles. The van der Waals surface area contributed by atoms with Crippen molar-refractivity contribution in [3.63, 3.8) is 0 Å². The van der Waals surface area contributed by atoms with Crippen molar-refractivity contribution in [2.45, 2.75) is 58.9 Å². The Morgan fingerprint density at radius 1 is 1.11 bits per heavy atom. The van der Waals surface area contributed by atoms with E-state index in [1.54, 1.807) is 0 Å². The van der Waals surface area contributed by atoms with Crippen LogP contribution in [-0.4, -0.2) is 23.4 Å². The summed E-state index contributed by atoms with van der Waals surface area (Å²) < 4.78 is 5.59. The standard InChI is InChI=1S/C15H25NO2/c1-11(2)18-15-7-5-14(6-8-15)10-16-12(3)9-13(4)17/h5-8,11-13,16-17H,9-10H2,1-4H3. The van der Waals surface area contributed by atoms with Crippen molar-refractivity contribution in [3.8, 4) is 5.75 Å². The van der Waals surface area contributed by atoms with Crippen molar-refractivity contribution in [1.29, 1.82) is 0 Å². The first-order valence-electron chi connectivity index (χ1n) is 6.64. The molecular weight excluding hydrogens is 226 g/mol. The summed E-state index contributed by atoms with van der Waals surface area (Å²) in [5.41, 5.74) is 1.23. The van der Waals surface area contributed by atoms with Crippen LogP contribution in [0.4, 0.5) is 0 Å². The molecular formula is C15H25NO2. The Hall–Kier alpha value is -1.06. The predicted molar refractivity (Wildman–Crippen MR) is 74.8 cm³/mol. The van der Waals surface area contributed by atoms with Crippen molar-refractivity contribution in [2.24, 2.45) is 0 Å². The molecule has 0 spiro atoms. The second kappa shape index (κ2) is 7.39. The van der Waals surface area contributed by atoms with E-state index >= 15 is 0 Å². The van der Waals surface area contributed by atoms with Crippen LogP contribution in [0.2, 0.25) is 0 Å². The molecule has 0 aromatic heterocycles. The van der Waals surface area contributed by atoms with Crippen LogP contribution in [0.5, 0.6) is 5.75 Å². The van der Waals surface area contributed by atoms with Crippen molar-refractivity contribution >= 4 is 0 Å². The van der Waals surface area contributed by atoms with E-state index in [0.717, 1.165) is 18.7 Å². The molecule has 102 valence electrons. The number of nitrogens with one attached hydrogen (secondary N) is 1. The molecule has 0 saturated heterocycles. The van der Waals surface area contributed by atoms with Gasteiger partial charge >= 0.3 is 0 Å². The third-order valence-electron chi connectivity index (χ3n) is 2.64. The van der Waals surface area contributed by atoms with Crippen molar-refractivity contribution in [1.82, 2.24) is 5.32 Å². The van der Waals surface area contributed by atoms with Gasteiger partial charge in [-0.1, -0.05) is 12.1 Å². The summed E-state index contributed by atoms with van der Waals surface area (Å²) >= 11 is 0. The number of benzene rings is 1. The van der Waals surface area contributed by atoms with Gasteiger partial charge in [-0.25, -0.2) is 0 Å². The van der Waals surface area contributed by atoms with E-state index in [-0.39, 0.29) is 12.2 Å². The zero-order valence-electron chi connectivity index (χ0n) is 11.8. The topological polar surface area (TPSA) is 41.5 Å². The first kappa shape index (κ1) is 15.0. The van der Waals surface area contributed by atoms with Gasteiger partial charge in [0.25, 0.3) is 0 Å². The third-order valence-corrected chi connectivity index (χ3v) is 2.64. The molecule has 2 N–H and O–H groups in total. The normalized spacial score (nSPS) is 14.6. The number of hydrogen-bond donors (Lipinski definition) is 2. The van der Waals surface area contributed by atoms with Crippen molar-refractivity contribution in [3.05, 3.63) is 29.8 Å². The van der Waals surface area contributed by atoms with Gasteiger partial charge in [0.1, 0.15) is 5.75 Å². The molecule has 3 heteroatoms. The summed E-state index contributed by atoms with van der Waals surface area (Å²) in [4.78, 5) is 0. The van der Waals surface area contributed by atoms with Gasteiger partial charge in [0, 0.05) is 12.6 Å². The molecule has 0 heterocycles.